The highest BCUT2D eigenvalue weighted by molar-refractivity contribution is 6.31. The van der Waals surface area contributed by atoms with Crippen LogP contribution in [0.5, 0.6) is 0 Å². The van der Waals surface area contributed by atoms with E-state index in [1.165, 1.54) is 11.6 Å². The topological polar surface area (TPSA) is 94.0 Å². The molecule has 3 N–H and O–H groups in total. The smallest absolute Gasteiger partial charge is 0.273 e. The van der Waals surface area contributed by atoms with E-state index in [9.17, 15) is 9.59 Å². The standard InChI is InChI=1S/C28H31ClN4O3/c1-4-33(13-14-34)18-21-7-9-23(10-8-21)27(35)31-26-12-11-24(29)16-25(26)28(36)32-30-17-22-6-5-19(2)20(3)15-22/h5-12,15-17,34H,4,13-14,18H2,1-3H3,(H,31,35)(H,32,36). The van der Waals surface area contributed by atoms with Gasteiger partial charge in [0.15, 0.2) is 0 Å². The Labute approximate surface area is 216 Å². The van der Waals surface area contributed by atoms with E-state index in [2.05, 4.69) is 20.7 Å². The molecule has 188 valence electrons. The highest BCUT2D eigenvalue weighted by Gasteiger charge is 2.15. The Balaban J connectivity index is 1.69. The van der Waals surface area contributed by atoms with Crippen molar-refractivity contribution in [3.05, 3.63) is 99.1 Å². The highest BCUT2D eigenvalue weighted by Crippen LogP contribution is 2.22. The second kappa shape index (κ2) is 13.0. The van der Waals surface area contributed by atoms with E-state index in [1.54, 1.807) is 30.5 Å². The van der Waals surface area contributed by atoms with Gasteiger partial charge in [0, 0.05) is 23.7 Å². The zero-order chi connectivity index (χ0) is 26.1. The zero-order valence-electron chi connectivity index (χ0n) is 20.7. The third-order valence-corrected chi connectivity index (χ3v) is 6.11. The van der Waals surface area contributed by atoms with Crippen LogP contribution in [0.25, 0.3) is 0 Å². The first-order valence-corrected chi connectivity index (χ1v) is 12.1. The molecule has 36 heavy (non-hydrogen) atoms. The number of likely N-dealkylation sites (N-methyl/N-ethyl adjacent to an activating group) is 1. The van der Waals surface area contributed by atoms with E-state index < -0.39 is 5.91 Å². The molecule has 3 rings (SSSR count). The van der Waals surface area contributed by atoms with Gasteiger partial charge >= 0.3 is 0 Å². The number of benzene rings is 3. The van der Waals surface area contributed by atoms with Crippen LogP contribution in [0.3, 0.4) is 0 Å². The van der Waals surface area contributed by atoms with Gasteiger partial charge in [0.25, 0.3) is 11.8 Å². The summed E-state index contributed by atoms with van der Waals surface area (Å²) in [5.41, 5.74) is 7.69. The quantitative estimate of drug-likeness (QED) is 0.272. The minimum absolute atomic E-state index is 0.0995. The minimum atomic E-state index is -0.494. The average molecular weight is 507 g/mol. The van der Waals surface area contributed by atoms with Crippen molar-refractivity contribution in [1.29, 1.82) is 0 Å². The number of rotatable bonds is 10. The van der Waals surface area contributed by atoms with Crippen LogP contribution in [-0.2, 0) is 6.54 Å². The van der Waals surface area contributed by atoms with Gasteiger partial charge in [-0.15, -0.1) is 0 Å². The van der Waals surface area contributed by atoms with Crippen LogP contribution in [0.4, 0.5) is 5.69 Å². The summed E-state index contributed by atoms with van der Waals surface area (Å²) in [6.45, 7) is 8.27. The average Bonchev–Trinajstić information content (AvgIpc) is 2.87. The molecule has 0 aromatic heterocycles. The molecule has 0 aliphatic carbocycles. The zero-order valence-corrected chi connectivity index (χ0v) is 21.5. The number of nitrogens with zero attached hydrogens (tertiary/aromatic N) is 2. The maximum Gasteiger partial charge on any atom is 0.273 e. The molecule has 3 aromatic carbocycles. The Morgan fingerprint density at radius 1 is 1.00 bits per heavy atom. The van der Waals surface area contributed by atoms with Crippen molar-refractivity contribution in [3.8, 4) is 0 Å². The molecule has 0 aliphatic rings. The molecule has 0 fully saturated rings. The van der Waals surface area contributed by atoms with E-state index in [0.29, 0.717) is 29.4 Å². The van der Waals surface area contributed by atoms with Crippen LogP contribution in [-0.4, -0.2) is 47.7 Å². The molecule has 0 saturated heterocycles. The monoisotopic (exact) mass is 506 g/mol. The molecule has 0 radical (unpaired) electrons. The van der Waals surface area contributed by atoms with Crippen LogP contribution in [0.15, 0.2) is 65.8 Å². The van der Waals surface area contributed by atoms with Gasteiger partial charge in [-0.3, -0.25) is 14.5 Å². The number of nitrogens with one attached hydrogen (secondary N) is 2. The van der Waals surface area contributed by atoms with Gasteiger partial charge < -0.3 is 10.4 Å². The van der Waals surface area contributed by atoms with Crippen molar-refractivity contribution in [3.63, 3.8) is 0 Å². The molecule has 0 saturated carbocycles. The summed E-state index contributed by atoms with van der Waals surface area (Å²) >= 11 is 6.12. The maximum absolute atomic E-state index is 12.9. The third kappa shape index (κ3) is 7.49. The second-order valence-electron chi connectivity index (χ2n) is 8.48. The van der Waals surface area contributed by atoms with Crippen molar-refractivity contribution in [2.75, 3.05) is 25.0 Å². The number of hydrogen-bond donors (Lipinski definition) is 3. The van der Waals surface area contributed by atoms with Crippen molar-refractivity contribution in [2.45, 2.75) is 27.3 Å². The van der Waals surface area contributed by atoms with E-state index in [1.807, 2.05) is 51.1 Å². The lowest BCUT2D eigenvalue weighted by atomic mass is 10.1. The fourth-order valence-corrected chi connectivity index (χ4v) is 3.76. The summed E-state index contributed by atoms with van der Waals surface area (Å²) in [6, 6.07) is 17.8. The number of carbonyl (C=O) groups excluding carboxylic acids is 2. The van der Waals surface area contributed by atoms with Crippen LogP contribution in [0.1, 0.15) is 49.9 Å². The van der Waals surface area contributed by atoms with E-state index in [-0.39, 0.29) is 18.1 Å². The first kappa shape index (κ1) is 27.1. The molecular weight excluding hydrogens is 476 g/mol. The van der Waals surface area contributed by atoms with Crippen molar-refractivity contribution in [2.24, 2.45) is 5.10 Å². The summed E-state index contributed by atoms with van der Waals surface area (Å²) in [6.07, 6.45) is 1.56. The van der Waals surface area contributed by atoms with E-state index in [0.717, 1.165) is 23.2 Å². The number of amides is 2. The molecular formula is C28H31ClN4O3. The van der Waals surface area contributed by atoms with Crippen LogP contribution < -0.4 is 10.7 Å². The summed E-state index contributed by atoms with van der Waals surface area (Å²) < 4.78 is 0. The molecule has 0 atom stereocenters. The number of aryl methyl sites for hydroxylation is 2. The first-order valence-electron chi connectivity index (χ1n) is 11.7. The van der Waals surface area contributed by atoms with Crippen molar-refractivity contribution in [1.82, 2.24) is 10.3 Å². The van der Waals surface area contributed by atoms with Gasteiger partial charge in [-0.05, 0) is 73.0 Å². The predicted molar refractivity (Wildman–Crippen MR) is 145 cm³/mol. The molecule has 8 heteroatoms. The lowest BCUT2D eigenvalue weighted by molar-refractivity contribution is 0.0956. The van der Waals surface area contributed by atoms with E-state index in [4.69, 9.17) is 16.7 Å². The maximum atomic E-state index is 12.9. The Bertz CT molecular complexity index is 1240. The Morgan fingerprint density at radius 3 is 2.42 bits per heavy atom. The van der Waals surface area contributed by atoms with Gasteiger partial charge in [0.1, 0.15) is 0 Å². The number of hydrogen-bond acceptors (Lipinski definition) is 5. The molecule has 0 bridgehead atoms. The Morgan fingerprint density at radius 2 is 1.75 bits per heavy atom. The molecule has 0 unspecified atom stereocenters. The van der Waals surface area contributed by atoms with Crippen molar-refractivity contribution < 1.29 is 14.7 Å². The molecule has 3 aromatic rings. The number of aliphatic hydroxyl groups excluding tert-OH is 1. The lowest BCUT2D eigenvalue weighted by Gasteiger charge is -2.19. The second-order valence-corrected chi connectivity index (χ2v) is 8.91. The summed E-state index contributed by atoms with van der Waals surface area (Å²) in [4.78, 5) is 27.8. The number of halogens is 1. The fraction of sp³-hybridized carbons (Fsp3) is 0.250. The molecule has 7 nitrogen and oxygen atoms in total. The molecule has 2 amide bonds. The predicted octanol–water partition coefficient (Wildman–Crippen LogP) is 4.79. The Kier molecular flexibility index (Phi) is 9.76. The van der Waals surface area contributed by atoms with E-state index >= 15 is 0 Å². The molecule has 0 heterocycles. The van der Waals surface area contributed by atoms with Gasteiger partial charge in [-0.1, -0.05) is 48.9 Å². The normalized spacial score (nSPS) is 11.2. The van der Waals surface area contributed by atoms with Gasteiger partial charge in [0.2, 0.25) is 0 Å². The molecule has 0 spiro atoms. The SMILES string of the molecule is CCN(CCO)Cc1ccc(C(=O)Nc2ccc(Cl)cc2C(=O)NN=Cc2ccc(C)c(C)c2)cc1. The number of anilines is 1. The molecule has 0 aliphatic heterocycles. The van der Waals surface area contributed by atoms with Crippen LogP contribution in [0.2, 0.25) is 5.02 Å². The highest BCUT2D eigenvalue weighted by atomic mass is 35.5. The minimum Gasteiger partial charge on any atom is -0.395 e. The lowest BCUT2D eigenvalue weighted by Crippen LogP contribution is -2.26. The van der Waals surface area contributed by atoms with Gasteiger partial charge in [-0.2, -0.15) is 5.10 Å². The fourth-order valence-electron chi connectivity index (χ4n) is 3.59. The summed E-state index contributed by atoms with van der Waals surface area (Å²) in [7, 11) is 0. The van der Waals surface area contributed by atoms with Crippen LogP contribution in [0, 0.1) is 13.8 Å². The van der Waals surface area contributed by atoms with Gasteiger partial charge in [0.05, 0.1) is 24.1 Å². The first-order chi connectivity index (χ1) is 17.3. The number of aliphatic hydroxyl groups is 1. The van der Waals surface area contributed by atoms with Crippen LogP contribution >= 0.6 is 11.6 Å². The number of carbonyl (C=O) groups is 2. The van der Waals surface area contributed by atoms with Gasteiger partial charge in [-0.25, -0.2) is 5.43 Å². The summed E-state index contributed by atoms with van der Waals surface area (Å²) in [5, 5.41) is 16.4. The largest absolute Gasteiger partial charge is 0.395 e. The van der Waals surface area contributed by atoms with Crippen molar-refractivity contribution >= 4 is 35.3 Å². The summed E-state index contributed by atoms with van der Waals surface area (Å²) in [5.74, 6) is -0.842. The third-order valence-electron chi connectivity index (χ3n) is 5.87. The Hall–Kier alpha value is -3.52. The number of hydrazone groups is 1.